The molecule has 0 heterocycles. The molecule has 0 aromatic rings. The molecule has 0 spiro atoms. The van der Waals surface area contributed by atoms with Crippen molar-refractivity contribution in [3.8, 4) is 0 Å². The van der Waals surface area contributed by atoms with E-state index in [1.54, 1.807) is 0 Å². The molecule has 0 saturated heterocycles. The molecule has 0 radical (unpaired) electrons. The molecular weight excluding hydrogens is 146 g/mol. The van der Waals surface area contributed by atoms with Crippen LogP contribution in [0.4, 0.5) is 0 Å². The van der Waals surface area contributed by atoms with Crippen molar-refractivity contribution < 1.29 is 0 Å². The van der Waals surface area contributed by atoms with Crippen LogP contribution in [0.2, 0.25) is 0 Å². The molecule has 1 aliphatic carbocycles. The van der Waals surface area contributed by atoms with Crippen LogP contribution in [-0.4, -0.2) is 12.6 Å². The van der Waals surface area contributed by atoms with Gasteiger partial charge in [-0.2, -0.15) is 0 Å². The van der Waals surface area contributed by atoms with E-state index in [1.165, 1.54) is 25.8 Å². The highest BCUT2D eigenvalue weighted by Gasteiger charge is 2.42. The van der Waals surface area contributed by atoms with E-state index in [1.807, 2.05) is 0 Å². The summed E-state index contributed by atoms with van der Waals surface area (Å²) in [7, 11) is 0. The second kappa shape index (κ2) is 3.78. The number of hydrogen-bond donors (Lipinski definition) is 1. The Morgan fingerprint density at radius 2 is 1.92 bits per heavy atom. The molecule has 1 aliphatic rings. The van der Waals surface area contributed by atoms with Gasteiger partial charge >= 0.3 is 0 Å². The second-order valence-corrected chi connectivity index (χ2v) is 4.80. The van der Waals surface area contributed by atoms with Crippen molar-refractivity contribution in [2.75, 3.05) is 6.54 Å². The van der Waals surface area contributed by atoms with Crippen molar-refractivity contribution in [1.82, 2.24) is 5.32 Å². The molecule has 0 aromatic heterocycles. The predicted molar refractivity (Wildman–Crippen MR) is 54.3 cm³/mol. The summed E-state index contributed by atoms with van der Waals surface area (Å²) < 4.78 is 0. The smallest absolute Gasteiger partial charge is 0.00926 e. The Morgan fingerprint density at radius 1 is 1.33 bits per heavy atom. The summed E-state index contributed by atoms with van der Waals surface area (Å²) in [5.74, 6) is 0.829. The highest BCUT2D eigenvalue weighted by molar-refractivity contribution is 4.96. The third-order valence-electron chi connectivity index (χ3n) is 3.55. The first-order valence-electron chi connectivity index (χ1n) is 5.32. The Balaban J connectivity index is 2.14. The Hall–Kier alpha value is -0.0400. The fraction of sp³-hybridized carbons (Fsp3) is 1.00. The van der Waals surface area contributed by atoms with E-state index in [0.717, 1.165) is 5.92 Å². The first-order valence-corrected chi connectivity index (χ1v) is 5.32. The molecule has 0 amide bonds. The third kappa shape index (κ3) is 2.48. The highest BCUT2D eigenvalue weighted by Crippen LogP contribution is 2.47. The lowest BCUT2D eigenvalue weighted by Gasteiger charge is -2.22. The predicted octanol–water partition coefficient (Wildman–Crippen LogP) is 2.81. The lowest BCUT2D eigenvalue weighted by atomic mass is 10.00. The Morgan fingerprint density at radius 3 is 2.33 bits per heavy atom. The second-order valence-electron chi connectivity index (χ2n) is 4.80. The summed E-state index contributed by atoms with van der Waals surface area (Å²) in [6.07, 6.45) is 4.12. The van der Waals surface area contributed by atoms with Crippen LogP contribution in [0, 0.1) is 11.3 Å². The summed E-state index contributed by atoms with van der Waals surface area (Å²) in [6.45, 7) is 10.5. The molecule has 1 saturated carbocycles. The van der Waals surface area contributed by atoms with Crippen molar-refractivity contribution in [3.63, 3.8) is 0 Å². The molecule has 1 fully saturated rings. The molecule has 0 aliphatic heterocycles. The van der Waals surface area contributed by atoms with Crippen LogP contribution in [0.15, 0.2) is 0 Å². The first-order chi connectivity index (χ1) is 5.58. The molecule has 72 valence electrons. The molecule has 12 heavy (non-hydrogen) atoms. The summed E-state index contributed by atoms with van der Waals surface area (Å²) >= 11 is 0. The van der Waals surface area contributed by atoms with Gasteiger partial charge in [-0.25, -0.2) is 0 Å². The number of nitrogens with one attached hydrogen (secondary N) is 1. The third-order valence-corrected chi connectivity index (χ3v) is 3.55. The Labute approximate surface area is 76.9 Å². The SMILES string of the molecule is CCC(C)CNC(C)C1(C)CC1. The summed E-state index contributed by atoms with van der Waals surface area (Å²) in [6, 6.07) is 0.714. The van der Waals surface area contributed by atoms with Crippen molar-refractivity contribution >= 4 is 0 Å². The van der Waals surface area contributed by atoms with Crippen molar-refractivity contribution in [2.24, 2.45) is 11.3 Å². The average Bonchev–Trinajstić information content (AvgIpc) is 2.80. The van der Waals surface area contributed by atoms with Crippen LogP contribution in [0.25, 0.3) is 0 Å². The average molecular weight is 169 g/mol. The van der Waals surface area contributed by atoms with Gasteiger partial charge in [0.15, 0.2) is 0 Å². The fourth-order valence-electron chi connectivity index (χ4n) is 1.40. The van der Waals surface area contributed by atoms with Gasteiger partial charge in [-0.3, -0.25) is 0 Å². The van der Waals surface area contributed by atoms with E-state index in [-0.39, 0.29) is 0 Å². The molecular formula is C11H23N. The largest absolute Gasteiger partial charge is 0.313 e. The van der Waals surface area contributed by atoms with E-state index in [9.17, 15) is 0 Å². The Bertz CT molecular complexity index is 138. The highest BCUT2D eigenvalue weighted by atomic mass is 14.9. The van der Waals surface area contributed by atoms with Gasteiger partial charge in [0.1, 0.15) is 0 Å². The monoisotopic (exact) mass is 169 g/mol. The first kappa shape index (κ1) is 10.0. The summed E-state index contributed by atoms with van der Waals surface area (Å²) in [4.78, 5) is 0. The van der Waals surface area contributed by atoms with Gasteiger partial charge in [-0.05, 0) is 37.6 Å². The van der Waals surface area contributed by atoms with Gasteiger partial charge in [0.25, 0.3) is 0 Å². The summed E-state index contributed by atoms with van der Waals surface area (Å²) in [5, 5.41) is 3.64. The normalized spacial score (nSPS) is 25.0. The fourth-order valence-corrected chi connectivity index (χ4v) is 1.40. The molecule has 1 nitrogen and oxygen atoms in total. The maximum Gasteiger partial charge on any atom is 0.00926 e. The minimum absolute atomic E-state index is 0.632. The minimum atomic E-state index is 0.632. The lowest BCUT2D eigenvalue weighted by Crippen LogP contribution is -2.36. The quantitative estimate of drug-likeness (QED) is 0.667. The molecule has 1 rings (SSSR count). The molecule has 2 unspecified atom stereocenters. The van der Waals surface area contributed by atoms with E-state index < -0.39 is 0 Å². The molecule has 2 atom stereocenters. The van der Waals surface area contributed by atoms with Crippen LogP contribution in [0.3, 0.4) is 0 Å². The van der Waals surface area contributed by atoms with E-state index >= 15 is 0 Å². The van der Waals surface area contributed by atoms with Crippen LogP contribution >= 0.6 is 0 Å². The molecule has 1 N–H and O–H groups in total. The van der Waals surface area contributed by atoms with Gasteiger partial charge < -0.3 is 5.32 Å². The van der Waals surface area contributed by atoms with Gasteiger partial charge in [0.05, 0.1) is 0 Å². The standard InChI is InChI=1S/C11H23N/c1-5-9(2)8-12-10(3)11(4)6-7-11/h9-10,12H,5-8H2,1-4H3. The molecule has 0 aromatic carbocycles. The topological polar surface area (TPSA) is 12.0 Å². The molecule has 1 heteroatoms. The Kier molecular flexibility index (Phi) is 3.16. The van der Waals surface area contributed by atoms with Crippen LogP contribution < -0.4 is 5.32 Å². The maximum atomic E-state index is 3.64. The van der Waals surface area contributed by atoms with Gasteiger partial charge in [0.2, 0.25) is 0 Å². The zero-order valence-electron chi connectivity index (χ0n) is 8.98. The number of rotatable bonds is 5. The zero-order valence-corrected chi connectivity index (χ0v) is 8.98. The minimum Gasteiger partial charge on any atom is -0.313 e. The van der Waals surface area contributed by atoms with Gasteiger partial charge in [-0.1, -0.05) is 27.2 Å². The van der Waals surface area contributed by atoms with Gasteiger partial charge in [0, 0.05) is 6.04 Å². The van der Waals surface area contributed by atoms with Crippen molar-refractivity contribution in [1.29, 1.82) is 0 Å². The van der Waals surface area contributed by atoms with E-state index in [4.69, 9.17) is 0 Å². The van der Waals surface area contributed by atoms with Crippen LogP contribution in [0.1, 0.15) is 47.0 Å². The van der Waals surface area contributed by atoms with Crippen molar-refractivity contribution in [2.45, 2.75) is 53.0 Å². The van der Waals surface area contributed by atoms with E-state index in [0.29, 0.717) is 11.5 Å². The molecule has 0 bridgehead atoms. The summed E-state index contributed by atoms with van der Waals surface area (Å²) in [5.41, 5.74) is 0.632. The van der Waals surface area contributed by atoms with Crippen molar-refractivity contribution in [3.05, 3.63) is 0 Å². The zero-order chi connectivity index (χ0) is 9.19. The van der Waals surface area contributed by atoms with E-state index in [2.05, 4.69) is 33.0 Å². The van der Waals surface area contributed by atoms with Gasteiger partial charge in [-0.15, -0.1) is 0 Å². The lowest BCUT2D eigenvalue weighted by molar-refractivity contribution is 0.353. The number of hydrogen-bond acceptors (Lipinski definition) is 1. The van der Waals surface area contributed by atoms with Crippen LogP contribution in [0.5, 0.6) is 0 Å². The maximum absolute atomic E-state index is 3.64. The van der Waals surface area contributed by atoms with Crippen LogP contribution in [-0.2, 0) is 0 Å².